The van der Waals surface area contributed by atoms with Crippen molar-refractivity contribution in [1.29, 1.82) is 0 Å². The van der Waals surface area contributed by atoms with Gasteiger partial charge in [-0.3, -0.25) is 4.79 Å². The van der Waals surface area contributed by atoms with Gasteiger partial charge in [0.25, 0.3) is 0 Å². The molecule has 2 N–H and O–H groups in total. The first kappa shape index (κ1) is 14.8. The number of halogens is 2. The summed E-state index contributed by atoms with van der Waals surface area (Å²) in [6, 6.07) is 3.94. The van der Waals surface area contributed by atoms with Gasteiger partial charge in [-0.25, -0.2) is 4.79 Å². The average molecular weight is 290 g/mol. The van der Waals surface area contributed by atoms with Crippen molar-refractivity contribution < 1.29 is 14.7 Å². The number of carbonyl (C=O) groups is 2. The van der Waals surface area contributed by atoms with Gasteiger partial charge in [0.2, 0.25) is 5.91 Å². The molecule has 0 aliphatic carbocycles. The van der Waals surface area contributed by atoms with Crippen LogP contribution in [0.4, 0.5) is 0 Å². The van der Waals surface area contributed by atoms with Gasteiger partial charge in [-0.2, -0.15) is 0 Å². The lowest BCUT2D eigenvalue weighted by Crippen LogP contribution is -2.41. The van der Waals surface area contributed by atoms with E-state index in [9.17, 15) is 9.59 Å². The van der Waals surface area contributed by atoms with E-state index in [2.05, 4.69) is 5.32 Å². The third kappa shape index (κ3) is 4.20. The molecule has 0 spiro atoms. The molecule has 4 nitrogen and oxygen atoms in total. The van der Waals surface area contributed by atoms with Crippen LogP contribution in [0.2, 0.25) is 10.0 Å². The minimum atomic E-state index is -1.05. The van der Waals surface area contributed by atoms with Crippen molar-refractivity contribution in [3.05, 3.63) is 33.8 Å². The maximum Gasteiger partial charge on any atom is 0.326 e. The Morgan fingerprint density at radius 3 is 2.56 bits per heavy atom. The van der Waals surface area contributed by atoms with Crippen molar-refractivity contribution in [3.63, 3.8) is 0 Å². The lowest BCUT2D eigenvalue weighted by molar-refractivity contribution is -0.141. The Balaban J connectivity index is 2.67. The standard InChI is InChI=1S/C12H13Cl2NO3/c1-2-10(12(17)18)15-11(16)5-7-3-4-8(13)6-9(7)14/h3-4,6,10H,2,5H2,1H3,(H,15,16)(H,17,18). The average Bonchev–Trinajstić information content (AvgIpc) is 2.29. The van der Waals surface area contributed by atoms with Crippen molar-refractivity contribution in [1.82, 2.24) is 5.32 Å². The Labute approximate surface area is 115 Å². The highest BCUT2D eigenvalue weighted by Crippen LogP contribution is 2.21. The normalized spacial score (nSPS) is 11.9. The monoisotopic (exact) mass is 289 g/mol. The van der Waals surface area contributed by atoms with E-state index in [0.717, 1.165) is 0 Å². The summed E-state index contributed by atoms with van der Waals surface area (Å²) in [5, 5.41) is 12.1. The fourth-order valence-electron chi connectivity index (χ4n) is 1.42. The summed E-state index contributed by atoms with van der Waals surface area (Å²) in [5.41, 5.74) is 0.610. The number of nitrogens with one attached hydrogen (secondary N) is 1. The number of carbonyl (C=O) groups excluding carboxylic acids is 1. The van der Waals surface area contributed by atoms with Gasteiger partial charge < -0.3 is 10.4 Å². The molecule has 18 heavy (non-hydrogen) atoms. The first-order valence-electron chi connectivity index (χ1n) is 5.40. The summed E-state index contributed by atoms with van der Waals surface area (Å²) in [6.07, 6.45) is 0.356. The maximum atomic E-state index is 11.7. The molecule has 1 aromatic rings. The van der Waals surface area contributed by atoms with Crippen LogP contribution >= 0.6 is 23.2 Å². The molecule has 1 rings (SSSR count). The van der Waals surface area contributed by atoms with Crippen molar-refractivity contribution in [2.24, 2.45) is 0 Å². The van der Waals surface area contributed by atoms with E-state index >= 15 is 0 Å². The SMILES string of the molecule is CCC(NC(=O)Cc1ccc(Cl)cc1Cl)C(=O)O. The summed E-state index contributed by atoms with van der Waals surface area (Å²) >= 11 is 11.7. The number of hydrogen-bond donors (Lipinski definition) is 2. The molecule has 1 atom stereocenters. The van der Waals surface area contributed by atoms with Crippen LogP contribution in [0.3, 0.4) is 0 Å². The van der Waals surface area contributed by atoms with Gasteiger partial charge >= 0.3 is 5.97 Å². The van der Waals surface area contributed by atoms with Crippen molar-refractivity contribution >= 4 is 35.1 Å². The lowest BCUT2D eigenvalue weighted by Gasteiger charge is -2.12. The van der Waals surface area contributed by atoms with E-state index in [1.54, 1.807) is 25.1 Å². The van der Waals surface area contributed by atoms with Crippen LogP contribution in [0.1, 0.15) is 18.9 Å². The zero-order valence-corrected chi connectivity index (χ0v) is 11.3. The Morgan fingerprint density at radius 2 is 2.06 bits per heavy atom. The third-order valence-electron chi connectivity index (χ3n) is 2.41. The number of hydrogen-bond acceptors (Lipinski definition) is 2. The van der Waals surface area contributed by atoms with Crippen LogP contribution in [0.15, 0.2) is 18.2 Å². The van der Waals surface area contributed by atoms with Crippen LogP contribution in [-0.4, -0.2) is 23.0 Å². The molecular weight excluding hydrogens is 277 g/mol. The fourth-order valence-corrected chi connectivity index (χ4v) is 1.90. The molecular formula is C12H13Cl2NO3. The summed E-state index contributed by atoms with van der Waals surface area (Å²) < 4.78 is 0. The highest BCUT2D eigenvalue weighted by Gasteiger charge is 2.18. The molecule has 1 unspecified atom stereocenters. The van der Waals surface area contributed by atoms with Crippen LogP contribution < -0.4 is 5.32 Å². The summed E-state index contributed by atoms with van der Waals surface area (Å²) in [7, 11) is 0. The van der Waals surface area contributed by atoms with E-state index in [4.69, 9.17) is 28.3 Å². The molecule has 0 fully saturated rings. The molecule has 0 saturated heterocycles. The van der Waals surface area contributed by atoms with E-state index in [-0.39, 0.29) is 12.3 Å². The number of rotatable bonds is 5. The van der Waals surface area contributed by atoms with E-state index in [1.807, 2.05) is 0 Å². The quantitative estimate of drug-likeness (QED) is 0.875. The molecule has 98 valence electrons. The second-order valence-corrected chi connectivity index (χ2v) is 4.62. The lowest BCUT2D eigenvalue weighted by atomic mass is 10.1. The highest BCUT2D eigenvalue weighted by atomic mass is 35.5. The van der Waals surface area contributed by atoms with Crippen LogP contribution in [-0.2, 0) is 16.0 Å². The fraction of sp³-hybridized carbons (Fsp3) is 0.333. The zero-order chi connectivity index (χ0) is 13.7. The van der Waals surface area contributed by atoms with Crippen LogP contribution in [0.25, 0.3) is 0 Å². The first-order valence-corrected chi connectivity index (χ1v) is 6.15. The van der Waals surface area contributed by atoms with E-state index < -0.39 is 12.0 Å². The maximum absolute atomic E-state index is 11.7. The number of amides is 1. The van der Waals surface area contributed by atoms with Gasteiger partial charge in [0.1, 0.15) is 6.04 Å². The molecule has 0 bridgehead atoms. The van der Waals surface area contributed by atoms with Crippen LogP contribution in [0.5, 0.6) is 0 Å². The molecule has 1 aromatic carbocycles. The van der Waals surface area contributed by atoms with Gasteiger partial charge in [0.05, 0.1) is 6.42 Å². The second-order valence-electron chi connectivity index (χ2n) is 3.78. The summed E-state index contributed by atoms with van der Waals surface area (Å²) in [4.78, 5) is 22.4. The van der Waals surface area contributed by atoms with E-state index in [0.29, 0.717) is 22.0 Å². The Bertz CT molecular complexity index is 463. The molecule has 6 heteroatoms. The highest BCUT2D eigenvalue weighted by molar-refractivity contribution is 6.35. The summed E-state index contributed by atoms with van der Waals surface area (Å²) in [5.74, 6) is -1.43. The smallest absolute Gasteiger partial charge is 0.326 e. The second kappa shape index (κ2) is 6.61. The van der Waals surface area contributed by atoms with Gasteiger partial charge in [0.15, 0.2) is 0 Å². The Kier molecular flexibility index (Phi) is 5.44. The van der Waals surface area contributed by atoms with Crippen molar-refractivity contribution in [3.8, 4) is 0 Å². The molecule has 0 heterocycles. The zero-order valence-electron chi connectivity index (χ0n) is 9.74. The van der Waals surface area contributed by atoms with Gasteiger partial charge in [-0.05, 0) is 24.1 Å². The number of carboxylic acid groups (broad SMARTS) is 1. The number of carboxylic acids is 1. The summed E-state index contributed by atoms with van der Waals surface area (Å²) in [6.45, 7) is 1.69. The van der Waals surface area contributed by atoms with Gasteiger partial charge in [0, 0.05) is 10.0 Å². The predicted molar refractivity (Wildman–Crippen MR) is 70.0 cm³/mol. The van der Waals surface area contributed by atoms with E-state index in [1.165, 1.54) is 0 Å². The molecule has 1 amide bonds. The molecule has 0 radical (unpaired) electrons. The molecule has 0 aliphatic heterocycles. The van der Waals surface area contributed by atoms with Crippen molar-refractivity contribution in [2.75, 3.05) is 0 Å². The molecule has 0 aromatic heterocycles. The minimum absolute atomic E-state index is 0.0276. The number of benzene rings is 1. The van der Waals surface area contributed by atoms with Crippen molar-refractivity contribution in [2.45, 2.75) is 25.8 Å². The third-order valence-corrected chi connectivity index (χ3v) is 2.99. The molecule has 0 saturated carbocycles. The predicted octanol–water partition coefficient (Wildman–Crippen LogP) is 2.52. The minimum Gasteiger partial charge on any atom is -0.480 e. The van der Waals surface area contributed by atoms with Gasteiger partial charge in [-0.15, -0.1) is 0 Å². The number of aliphatic carboxylic acids is 1. The largest absolute Gasteiger partial charge is 0.480 e. The Morgan fingerprint density at radius 1 is 1.39 bits per heavy atom. The van der Waals surface area contributed by atoms with Gasteiger partial charge in [-0.1, -0.05) is 36.2 Å². The van der Waals surface area contributed by atoms with Crippen LogP contribution in [0, 0.1) is 0 Å². The topological polar surface area (TPSA) is 66.4 Å². The first-order chi connectivity index (χ1) is 8.43. The Hall–Kier alpha value is -1.26. The molecule has 0 aliphatic rings.